The molecule has 0 spiro atoms. The minimum absolute atomic E-state index is 0.0112. The standard InChI is InChI=1S/C16H17NO5/c18-15(10-7-11(10)16(19)20)17-5-1-2-12(17)9-3-4-13-14(6-9)22-8-21-13/h3-4,6,10-12H,1-2,5,7-8H2,(H,19,20)/t10-,11-,12-/m1/s1. The lowest BCUT2D eigenvalue weighted by molar-refractivity contribution is -0.142. The van der Waals surface area contributed by atoms with Gasteiger partial charge in [-0.05, 0) is 37.0 Å². The summed E-state index contributed by atoms with van der Waals surface area (Å²) in [6.45, 7) is 0.926. The summed E-state index contributed by atoms with van der Waals surface area (Å²) in [6, 6.07) is 5.78. The predicted molar refractivity (Wildman–Crippen MR) is 75.5 cm³/mol. The second-order valence-electron chi connectivity index (χ2n) is 6.09. The largest absolute Gasteiger partial charge is 0.481 e. The molecule has 1 aliphatic carbocycles. The van der Waals surface area contributed by atoms with Gasteiger partial charge in [0.25, 0.3) is 0 Å². The van der Waals surface area contributed by atoms with E-state index in [-0.39, 0.29) is 24.7 Å². The minimum atomic E-state index is -0.864. The molecule has 6 heteroatoms. The summed E-state index contributed by atoms with van der Waals surface area (Å²) < 4.78 is 10.7. The zero-order valence-electron chi connectivity index (χ0n) is 12.0. The number of carboxylic acids is 1. The number of nitrogens with zero attached hydrogens (tertiary/aromatic N) is 1. The molecule has 3 aliphatic rings. The highest BCUT2D eigenvalue weighted by Crippen LogP contribution is 2.44. The Labute approximate surface area is 127 Å². The molecule has 1 aromatic rings. The molecule has 2 fully saturated rings. The highest BCUT2D eigenvalue weighted by atomic mass is 16.7. The van der Waals surface area contributed by atoms with Crippen LogP contribution in [0.4, 0.5) is 0 Å². The average Bonchev–Trinajstić information content (AvgIpc) is 2.95. The van der Waals surface area contributed by atoms with E-state index in [9.17, 15) is 9.59 Å². The van der Waals surface area contributed by atoms with Gasteiger partial charge in [-0.15, -0.1) is 0 Å². The summed E-state index contributed by atoms with van der Waals surface area (Å²) in [5.74, 6) is -0.276. The number of carbonyl (C=O) groups is 2. The fourth-order valence-electron chi connectivity index (χ4n) is 3.45. The molecule has 0 unspecified atom stereocenters. The van der Waals surface area contributed by atoms with Crippen LogP contribution in [0.5, 0.6) is 11.5 Å². The summed E-state index contributed by atoms with van der Waals surface area (Å²) >= 11 is 0. The molecule has 116 valence electrons. The third-order valence-electron chi connectivity index (χ3n) is 4.74. The van der Waals surface area contributed by atoms with Crippen LogP contribution in [-0.2, 0) is 9.59 Å². The monoisotopic (exact) mass is 303 g/mol. The molecule has 1 aromatic carbocycles. The topological polar surface area (TPSA) is 76.1 Å². The van der Waals surface area contributed by atoms with Crippen LogP contribution in [-0.4, -0.2) is 35.2 Å². The Hall–Kier alpha value is -2.24. The van der Waals surface area contributed by atoms with Crippen molar-refractivity contribution in [3.8, 4) is 11.5 Å². The number of carboxylic acid groups (broad SMARTS) is 1. The van der Waals surface area contributed by atoms with E-state index in [1.807, 2.05) is 23.1 Å². The van der Waals surface area contributed by atoms with Gasteiger partial charge in [0.05, 0.1) is 17.9 Å². The van der Waals surface area contributed by atoms with Crippen molar-refractivity contribution in [3.63, 3.8) is 0 Å². The molecule has 0 bridgehead atoms. The Balaban J connectivity index is 1.54. The second-order valence-corrected chi connectivity index (χ2v) is 6.09. The lowest BCUT2D eigenvalue weighted by atomic mass is 10.0. The van der Waals surface area contributed by atoms with Gasteiger partial charge in [0.15, 0.2) is 11.5 Å². The van der Waals surface area contributed by atoms with Gasteiger partial charge in [0, 0.05) is 6.54 Å². The van der Waals surface area contributed by atoms with Crippen molar-refractivity contribution in [1.29, 1.82) is 0 Å². The first-order chi connectivity index (χ1) is 10.6. The average molecular weight is 303 g/mol. The fourth-order valence-corrected chi connectivity index (χ4v) is 3.45. The zero-order valence-corrected chi connectivity index (χ0v) is 12.0. The van der Waals surface area contributed by atoms with Crippen LogP contribution >= 0.6 is 0 Å². The number of benzene rings is 1. The van der Waals surface area contributed by atoms with Crippen LogP contribution < -0.4 is 9.47 Å². The van der Waals surface area contributed by atoms with Gasteiger partial charge in [-0.2, -0.15) is 0 Å². The summed E-state index contributed by atoms with van der Waals surface area (Å²) in [5, 5.41) is 9.00. The van der Waals surface area contributed by atoms with Crippen molar-refractivity contribution in [2.45, 2.75) is 25.3 Å². The molecule has 0 aromatic heterocycles. The minimum Gasteiger partial charge on any atom is -0.481 e. The van der Waals surface area contributed by atoms with Crippen LogP contribution in [0, 0.1) is 11.8 Å². The van der Waals surface area contributed by atoms with E-state index in [1.165, 1.54) is 0 Å². The highest BCUT2D eigenvalue weighted by molar-refractivity contribution is 5.89. The number of likely N-dealkylation sites (tertiary alicyclic amines) is 1. The third-order valence-corrected chi connectivity index (χ3v) is 4.74. The number of ether oxygens (including phenoxy) is 2. The Morgan fingerprint density at radius 3 is 2.77 bits per heavy atom. The van der Waals surface area contributed by atoms with E-state index < -0.39 is 11.9 Å². The smallest absolute Gasteiger partial charge is 0.307 e. The molecule has 0 radical (unpaired) electrons. The molecule has 1 saturated carbocycles. The van der Waals surface area contributed by atoms with E-state index in [2.05, 4.69) is 0 Å². The first-order valence-electron chi connectivity index (χ1n) is 7.58. The highest BCUT2D eigenvalue weighted by Gasteiger charge is 2.51. The summed E-state index contributed by atoms with van der Waals surface area (Å²) in [7, 11) is 0. The summed E-state index contributed by atoms with van der Waals surface area (Å²) in [4.78, 5) is 25.4. The maximum atomic E-state index is 12.5. The predicted octanol–water partition coefficient (Wildman–Crippen LogP) is 1.80. The van der Waals surface area contributed by atoms with Gasteiger partial charge in [0.2, 0.25) is 12.7 Å². The van der Waals surface area contributed by atoms with E-state index in [4.69, 9.17) is 14.6 Å². The number of carbonyl (C=O) groups excluding carboxylic acids is 1. The second kappa shape index (κ2) is 4.90. The maximum Gasteiger partial charge on any atom is 0.307 e. The SMILES string of the molecule is O=C(O)[C@@H]1C[C@H]1C(=O)N1CCC[C@@H]1c1ccc2c(c1)OCO2. The molecular weight excluding hydrogens is 286 g/mol. The Kier molecular flexibility index (Phi) is 2.99. The van der Waals surface area contributed by atoms with Crippen molar-refractivity contribution in [2.24, 2.45) is 11.8 Å². The molecule has 2 heterocycles. The zero-order chi connectivity index (χ0) is 15.3. The number of amides is 1. The van der Waals surface area contributed by atoms with Crippen molar-refractivity contribution < 1.29 is 24.2 Å². The van der Waals surface area contributed by atoms with Crippen molar-refractivity contribution >= 4 is 11.9 Å². The van der Waals surface area contributed by atoms with Gasteiger partial charge < -0.3 is 19.5 Å². The molecule has 3 atom stereocenters. The lowest BCUT2D eigenvalue weighted by Gasteiger charge is -2.25. The molecular formula is C16H17NO5. The van der Waals surface area contributed by atoms with Gasteiger partial charge in [0.1, 0.15) is 0 Å². The van der Waals surface area contributed by atoms with Crippen LogP contribution in [0.25, 0.3) is 0 Å². The van der Waals surface area contributed by atoms with Crippen LogP contribution in [0.2, 0.25) is 0 Å². The molecule has 1 amide bonds. The van der Waals surface area contributed by atoms with Crippen molar-refractivity contribution in [3.05, 3.63) is 23.8 Å². The summed E-state index contributed by atoms with van der Waals surface area (Å²) in [5.41, 5.74) is 1.03. The lowest BCUT2D eigenvalue weighted by Crippen LogP contribution is -2.32. The summed E-state index contributed by atoms with van der Waals surface area (Å²) in [6.07, 6.45) is 2.31. The first-order valence-corrected chi connectivity index (χ1v) is 7.58. The van der Waals surface area contributed by atoms with Crippen molar-refractivity contribution in [1.82, 2.24) is 4.90 Å². The van der Waals surface area contributed by atoms with Crippen LogP contribution in [0.1, 0.15) is 30.9 Å². The quantitative estimate of drug-likeness (QED) is 0.921. The van der Waals surface area contributed by atoms with Gasteiger partial charge in [-0.1, -0.05) is 6.07 Å². The van der Waals surface area contributed by atoms with Gasteiger partial charge in [-0.3, -0.25) is 9.59 Å². The van der Waals surface area contributed by atoms with Gasteiger partial charge in [-0.25, -0.2) is 0 Å². The molecule has 1 saturated heterocycles. The third kappa shape index (κ3) is 2.10. The van der Waals surface area contributed by atoms with Gasteiger partial charge >= 0.3 is 5.97 Å². The van der Waals surface area contributed by atoms with E-state index in [0.717, 1.165) is 24.2 Å². The van der Waals surface area contributed by atoms with E-state index in [1.54, 1.807) is 0 Å². The molecule has 1 N–H and O–H groups in total. The molecule has 22 heavy (non-hydrogen) atoms. The number of fused-ring (bicyclic) bond motifs is 1. The van der Waals surface area contributed by atoms with Crippen molar-refractivity contribution in [2.75, 3.05) is 13.3 Å². The van der Waals surface area contributed by atoms with Crippen LogP contribution in [0.3, 0.4) is 0 Å². The normalized spacial score (nSPS) is 28.7. The Bertz CT molecular complexity index is 643. The number of rotatable bonds is 3. The number of hydrogen-bond donors (Lipinski definition) is 1. The molecule has 4 rings (SSSR count). The Morgan fingerprint density at radius 1 is 1.18 bits per heavy atom. The fraction of sp³-hybridized carbons (Fsp3) is 0.500. The molecule has 2 aliphatic heterocycles. The maximum absolute atomic E-state index is 12.5. The number of hydrogen-bond acceptors (Lipinski definition) is 4. The Morgan fingerprint density at radius 2 is 2.00 bits per heavy atom. The molecule has 6 nitrogen and oxygen atoms in total. The van der Waals surface area contributed by atoms with Crippen LogP contribution in [0.15, 0.2) is 18.2 Å². The van der Waals surface area contributed by atoms with E-state index in [0.29, 0.717) is 18.7 Å². The number of aliphatic carboxylic acids is 1. The first kappa shape index (κ1) is 13.4. The van der Waals surface area contributed by atoms with E-state index >= 15 is 0 Å².